The van der Waals surface area contributed by atoms with Gasteiger partial charge >= 0.3 is 12.2 Å². The van der Waals surface area contributed by atoms with Crippen LogP contribution in [0.1, 0.15) is 30.1 Å². The van der Waals surface area contributed by atoms with Crippen molar-refractivity contribution >= 4 is 6.03 Å². The molecule has 23 heavy (non-hydrogen) atoms. The molecule has 1 aliphatic heterocycles. The minimum atomic E-state index is -4.41. The maximum atomic E-state index is 12.5. The fourth-order valence-corrected chi connectivity index (χ4v) is 2.28. The van der Waals surface area contributed by atoms with Gasteiger partial charge in [0, 0.05) is 25.8 Å². The van der Waals surface area contributed by atoms with Crippen LogP contribution < -0.4 is 10.6 Å². The SMILES string of the molecule is O=C(NC[C@H](O)c1ccc(C(F)(F)F)cc1)NC1CCOCC1. The second-order valence-electron chi connectivity index (χ2n) is 5.38. The lowest BCUT2D eigenvalue weighted by molar-refractivity contribution is -0.137. The number of carbonyl (C=O) groups excluding carboxylic acids is 1. The maximum absolute atomic E-state index is 12.5. The molecule has 0 aliphatic carbocycles. The van der Waals surface area contributed by atoms with Crippen molar-refractivity contribution in [1.82, 2.24) is 10.6 Å². The van der Waals surface area contributed by atoms with Gasteiger partial charge in [0.1, 0.15) is 0 Å². The van der Waals surface area contributed by atoms with Crippen LogP contribution in [-0.4, -0.2) is 36.9 Å². The van der Waals surface area contributed by atoms with Crippen molar-refractivity contribution in [2.75, 3.05) is 19.8 Å². The van der Waals surface area contributed by atoms with Gasteiger partial charge in [0.2, 0.25) is 0 Å². The molecule has 8 heteroatoms. The molecule has 1 aromatic rings. The molecule has 128 valence electrons. The average Bonchev–Trinajstić information content (AvgIpc) is 2.53. The lowest BCUT2D eigenvalue weighted by atomic mass is 10.1. The number of hydrogen-bond acceptors (Lipinski definition) is 3. The molecule has 1 heterocycles. The average molecular weight is 332 g/mol. The number of benzene rings is 1. The number of aliphatic hydroxyl groups excluding tert-OH is 1. The third-order valence-electron chi connectivity index (χ3n) is 3.64. The lowest BCUT2D eigenvalue weighted by Crippen LogP contribution is -2.45. The molecule has 3 N–H and O–H groups in total. The number of ether oxygens (including phenoxy) is 1. The summed E-state index contributed by atoms with van der Waals surface area (Å²) in [7, 11) is 0. The Morgan fingerprint density at radius 1 is 1.26 bits per heavy atom. The van der Waals surface area contributed by atoms with E-state index in [0.717, 1.165) is 25.0 Å². The van der Waals surface area contributed by atoms with Gasteiger partial charge in [0.15, 0.2) is 0 Å². The lowest BCUT2D eigenvalue weighted by Gasteiger charge is -2.23. The first kappa shape index (κ1) is 17.6. The van der Waals surface area contributed by atoms with Crippen LogP contribution >= 0.6 is 0 Å². The highest BCUT2D eigenvalue weighted by Gasteiger charge is 2.30. The molecule has 1 aromatic carbocycles. The van der Waals surface area contributed by atoms with Crippen LogP contribution in [0.4, 0.5) is 18.0 Å². The van der Waals surface area contributed by atoms with E-state index in [1.165, 1.54) is 12.1 Å². The zero-order chi connectivity index (χ0) is 16.9. The Balaban J connectivity index is 1.79. The molecule has 0 unspecified atom stereocenters. The van der Waals surface area contributed by atoms with E-state index >= 15 is 0 Å². The van der Waals surface area contributed by atoms with Crippen LogP contribution in [0.5, 0.6) is 0 Å². The van der Waals surface area contributed by atoms with Crippen molar-refractivity contribution < 1.29 is 27.8 Å². The third kappa shape index (κ3) is 5.40. The molecule has 5 nitrogen and oxygen atoms in total. The van der Waals surface area contributed by atoms with E-state index in [1.54, 1.807) is 0 Å². The summed E-state index contributed by atoms with van der Waals surface area (Å²) in [4.78, 5) is 11.7. The van der Waals surface area contributed by atoms with E-state index < -0.39 is 23.9 Å². The molecule has 0 saturated carbocycles. The predicted octanol–water partition coefficient (Wildman–Crippen LogP) is 2.22. The first-order valence-electron chi connectivity index (χ1n) is 7.33. The molecule has 1 fully saturated rings. The van der Waals surface area contributed by atoms with Gasteiger partial charge in [-0.25, -0.2) is 4.79 Å². The Bertz CT molecular complexity index is 514. The van der Waals surface area contributed by atoms with Gasteiger partial charge in [0.25, 0.3) is 0 Å². The molecule has 0 aromatic heterocycles. The minimum Gasteiger partial charge on any atom is -0.387 e. The summed E-state index contributed by atoms with van der Waals surface area (Å²) in [5.41, 5.74) is -0.469. The second kappa shape index (κ2) is 7.65. The number of alkyl halides is 3. The summed E-state index contributed by atoms with van der Waals surface area (Å²) in [5.74, 6) is 0. The van der Waals surface area contributed by atoms with Crippen molar-refractivity contribution in [2.45, 2.75) is 31.2 Å². The van der Waals surface area contributed by atoms with E-state index in [1.807, 2.05) is 0 Å². The number of aliphatic hydroxyl groups is 1. The zero-order valence-electron chi connectivity index (χ0n) is 12.4. The van der Waals surface area contributed by atoms with Gasteiger partial charge in [-0.15, -0.1) is 0 Å². The smallest absolute Gasteiger partial charge is 0.387 e. The van der Waals surface area contributed by atoms with E-state index in [-0.39, 0.29) is 12.6 Å². The fourth-order valence-electron chi connectivity index (χ4n) is 2.28. The Morgan fingerprint density at radius 2 is 1.87 bits per heavy atom. The molecule has 1 atom stereocenters. The van der Waals surface area contributed by atoms with E-state index in [0.29, 0.717) is 18.8 Å². The van der Waals surface area contributed by atoms with Gasteiger partial charge in [-0.05, 0) is 30.5 Å². The molecular formula is C15H19F3N2O3. The van der Waals surface area contributed by atoms with E-state index in [9.17, 15) is 23.1 Å². The predicted molar refractivity (Wildman–Crippen MR) is 76.8 cm³/mol. The quantitative estimate of drug-likeness (QED) is 0.792. The Hall–Kier alpha value is -1.80. The highest BCUT2D eigenvalue weighted by molar-refractivity contribution is 5.74. The first-order valence-corrected chi connectivity index (χ1v) is 7.33. The van der Waals surface area contributed by atoms with Crippen LogP contribution in [-0.2, 0) is 10.9 Å². The standard InChI is InChI=1S/C15H19F3N2O3/c16-15(17,18)11-3-1-10(2-4-11)13(21)9-19-14(22)20-12-5-7-23-8-6-12/h1-4,12-13,21H,5-9H2,(H2,19,20,22)/t13-/m0/s1. The molecule has 0 radical (unpaired) electrons. The van der Waals surface area contributed by atoms with Crippen LogP contribution in [0.25, 0.3) is 0 Å². The van der Waals surface area contributed by atoms with Crippen molar-refractivity contribution in [3.05, 3.63) is 35.4 Å². The van der Waals surface area contributed by atoms with Gasteiger partial charge in [0.05, 0.1) is 11.7 Å². The zero-order valence-corrected chi connectivity index (χ0v) is 12.4. The number of hydrogen-bond donors (Lipinski definition) is 3. The van der Waals surface area contributed by atoms with Crippen molar-refractivity contribution in [3.8, 4) is 0 Å². The number of halogens is 3. The highest BCUT2D eigenvalue weighted by atomic mass is 19.4. The number of amides is 2. The number of carbonyl (C=O) groups is 1. The number of nitrogens with one attached hydrogen (secondary N) is 2. The topological polar surface area (TPSA) is 70.6 Å². The molecular weight excluding hydrogens is 313 g/mol. The summed E-state index contributed by atoms with van der Waals surface area (Å²) in [6, 6.07) is 3.83. The summed E-state index contributed by atoms with van der Waals surface area (Å²) in [5, 5.41) is 15.2. The summed E-state index contributed by atoms with van der Waals surface area (Å²) >= 11 is 0. The molecule has 1 saturated heterocycles. The molecule has 0 spiro atoms. The van der Waals surface area contributed by atoms with Crippen LogP contribution in [0.3, 0.4) is 0 Å². The molecule has 0 bridgehead atoms. The third-order valence-corrected chi connectivity index (χ3v) is 3.64. The van der Waals surface area contributed by atoms with Crippen LogP contribution in [0.2, 0.25) is 0 Å². The summed E-state index contributed by atoms with van der Waals surface area (Å²) in [6.45, 7) is 1.11. The maximum Gasteiger partial charge on any atom is 0.416 e. The normalized spacial score (nSPS) is 17.6. The van der Waals surface area contributed by atoms with Crippen molar-refractivity contribution in [2.24, 2.45) is 0 Å². The second-order valence-corrected chi connectivity index (χ2v) is 5.38. The number of urea groups is 1. The Labute approximate surface area is 131 Å². The van der Waals surface area contributed by atoms with Gasteiger partial charge in [-0.3, -0.25) is 0 Å². The fraction of sp³-hybridized carbons (Fsp3) is 0.533. The van der Waals surface area contributed by atoms with E-state index in [2.05, 4.69) is 10.6 Å². The largest absolute Gasteiger partial charge is 0.416 e. The van der Waals surface area contributed by atoms with Crippen molar-refractivity contribution in [3.63, 3.8) is 0 Å². The van der Waals surface area contributed by atoms with Gasteiger partial charge in [-0.2, -0.15) is 13.2 Å². The summed E-state index contributed by atoms with van der Waals surface area (Å²) in [6.07, 6.45) is -4.02. The van der Waals surface area contributed by atoms with Crippen LogP contribution in [0.15, 0.2) is 24.3 Å². The van der Waals surface area contributed by atoms with Crippen LogP contribution in [0, 0.1) is 0 Å². The van der Waals surface area contributed by atoms with Gasteiger partial charge < -0.3 is 20.5 Å². The number of rotatable bonds is 4. The van der Waals surface area contributed by atoms with E-state index in [4.69, 9.17) is 4.74 Å². The molecule has 1 aliphatic rings. The minimum absolute atomic E-state index is 0.0342. The summed E-state index contributed by atoms with van der Waals surface area (Å²) < 4.78 is 42.6. The Kier molecular flexibility index (Phi) is 5.84. The Morgan fingerprint density at radius 3 is 2.43 bits per heavy atom. The highest BCUT2D eigenvalue weighted by Crippen LogP contribution is 2.29. The van der Waals surface area contributed by atoms with Crippen molar-refractivity contribution in [1.29, 1.82) is 0 Å². The first-order chi connectivity index (χ1) is 10.9. The monoisotopic (exact) mass is 332 g/mol. The molecule has 2 rings (SSSR count). The van der Waals surface area contributed by atoms with Gasteiger partial charge in [-0.1, -0.05) is 12.1 Å². The molecule has 2 amide bonds.